The molecule has 3 aromatic carbocycles. The molecular formula is C24H23BrN2O2. The molecule has 1 fully saturated rings. The number of morpholine rings is 1. The van der Waals surface area contributed by atoms with Gasteiger partial charge in [0.05, 0.1) is 18.9 Å². The molecule has 0 amide bonds. The van der Waals surface area contributed by atoms with Crippen molar-refractivity contribution in [2.75, 3.05) is 31.2 Å². The standard InChI is InChI=1S/C24H23BrN2O2/c25-21-6-11-24(29-18-19-4-2-1-3-5-19)20(16-21)17-26-22-7-9-23(10-8-22)27-12-14-28-15-13-27/h1-11,16-17H,12-15,18H2. The fourth-order valence-electron chi connectivity index (χ4n) is 3.20. The van der Waals surface area contributed by atoms with Gasteiger partial charge in [0.2, 0.25) is 0 Å². The molecule has 29 heavy (non-hydrogen) atoms. The third-order valence-electron chi connectivity index (χ3n) is 4.79. The van der Waals surface area contributed by atoms with Crippen LogP contribution in [0.4, 0.5) is 11.4 Å². The van der Waals surface area contributed by atoms with Crippen LogP contribution in [0.1, 0.15) is 11.1 Å². The smallest absolute Gasteiger partial charge is 0.128 e. The molecule has 3 aromatic rings. The van der Waals surface area contributed by atoms with Crippen molar-refractivity contribution in [2.45, 2.75) is 6.61 Å². The maximum absolute atomic E-state index is 6.03. The Morgan fingerprint density at radius 1 is 0.966 bits per heavy atom. The summed E-state index contributed by atoms with van der Waals surface area (Å²) in [5.74, 6) is 0.811. The SMILES string of the molecule is Brc1ccc(OCc2ccccc2)c(C=Nc2ccc(N3CCOCC3)cc2)c1. The van der Waals surface area contributed by atoms with Gasteiger partial charge in [0.25, 0.3) is 0 Å². The van der Waals surface area contributed by atoms with Gasteiger partial charge in [-0.25, -0.2) is 0 Å². The van der Waals surface area contributed by atoms with Gasteiger partial charge >= 0.3 is 0 Å². The molecule has 4 nitrogen and oxygen atoms in total. The van der Waals surface area contributed by atoms with Crippen LogP contribution in [0.15, 0.2) is 82.3 Å². The molecule has 0 radical (unpaired) electrons. The number of anilines is 1. The number of nitrogens with zero attached hydrogens (tertiary/aromatic N) is 2. The van der Waals surface area contributed by atoms with E-state index in [4.69, 9.17) is 9.47 Å². The lowest BCUT2D eigenvalue weighted by Crippen LogP contribution is -2.36. The van der Waals surface area contributed by atoms with Crippen LogP contribution >= 0.6 is 15.9 Å². The molecule has 0 N–H and O–H groups in total. The Bertz CT molecular complexity index is 952. The Labute approximate surface area is 179 Å². The van der Waals surface area contributed by atoms with Gasteiger partial charge in [0.15, 0.2) is 0 Å². The first kappa shape index (κ1) is 19.7. The van der Waals surface area contributed by atoms with E-state index in [-0.39, 0.29) is 0 Å². The van der Waals surface area contributed by atoms with E-state index in [2.05, 4.69) is 50.1 Å². The van der Waals surface area contributed by atoms with E-state index in [0.29, 0.717) is 6.61 Å². The van der Waals surface area contributed by atoms with Gasteiger partial charge in [-0.3, -0.25) is 4.99 Å². The van der Waals surface area contributed by atoms with E-state index in [1.165, 1.54) is 5.69 Å². The van der Waals surface area contributed by atoms with Crippen LogP contribution in [-0.2, 0) is 11.3 Å². The number of hydrogen-bond donors (Lipinski definition) is 0. The van der Waals surface area contributed by atoms with Crippen molar-refractivity contribution in [1.82, 2.24) is 0 Å². The van der Waals surface area contributed by atoms with Crippen LogP contribution in [0.5, 0.6) is 5.75 Å². The molecule has 1 heterocycles. The fraction of sp³-hybridized carbons (Fsp3) is 0.208. The second-order valence-electron chi connectivity index (χ2n) is 6.83. The van der Waals surface area contributed by atoms with Crippen molar-refractivity contribution in [3.05, 3.63) is 88.4 Å². The van der Waals surface area contributed by atoms with Crippen molar-refractivity contribution >= 4 is 33.5 Å². The van der Waals surface area contributed by atoms with Gasteiger partial charge in [-0.1, -0.05) is 46.3 Å². The molecule has 148 valence electrons. The summed E-state index contributed by atoms with van der Waals surface area (Å²) in [6.45, 7) is 3.96. The topological polar surface area (TPSA) is 34.1 Å². The Morgan fingerprint density at radius 2 is 1.72 bits per heavy atom. The molecule has 0 aromatic heterocycles. The minimum Gasteiger partial charge on any atom is -0.488 e. The molecule has 0 spiro atoms. The minimum absolute atomic E-state index is 0.525. The summed E-state index contributed by atoms with van der Waals surface area (Å²) >= 11 is 3.54. The van der Waals surface area contributed by atoms with Crippen molar-refractivity contribution < 1.29 is 9.47 Å². The zero-order valence-electron chi connectivity index (χ0n) is 16.1. The normalized spacial score (nSPS) is 14.3. The average Bonchev–Trinajstić information content (AvgIpc) is 2.79. The number of halogens is 1. The van der Waals surface area contributed by atoms with Crippen LogP contribution in [0.25, 0.3) is 0 Å². The lowest BCUT2D eigenvalue weighted by molar-refractivity contribution is 0.122. The number of ether oxygens (including phenoxy) is 2. The predicted octanol–water partition coefficient (Wildman–Crippen LogP) is 5.62. The van der Waals surface area contributed by atoms with E-state index in [1.54, 1.807) is 0 Å². The highest BCUT2D eigenvalue weighted by molar-refractivity contribution is 9.10. The predicted molar refractivity (Wildman–Crippen MR) is 122 cm³/mol. The second kappa shape index (κ2) is 9.72. The van der Waals surface area contributed by atoms with Gasteiger partial charge in [-0.05, 0) is 48.0 Å². The number of hydrogen-bond acceptors (Lipinski definition) is 4. The highest BCUT2D eigenvalue weighted by Gasteiger charge is 2.10. The summed E-state index contributed by atoms with van der Waals surface area (Å²) in [7, 11) is 0. The van der Waals surface area contributed by atoms with Gasteiger partial charge in [-0.15, -0.1) is 0 Å². The quantitative estimate of drug-likeness (QED) is 0.457. The Hall–Kier alpha value is -2.63. The van der Waals surface area contributed by atoms with E-state index >= 15 is 0 Å². The van der Waals surface area contributed by atoms with Gasteiger partial charge in [0, 0.05) is 35.0 Å². The maximum atomic E-state index is 6.03. The monoisotopic (exact) mass is 450 g/mol. The third kappa shape index (κ3) is 5.46. The fourth-order valence-corrected chi connectivity index (χ4v) is 3.58. The minimum atomic E-state index is 0.525. The summed E-state index contributed by atoms with van der Waals surface area (Å²) in [5.41, 5.74) is 4.20. The van der Waals surface area contributed by atoms with Gasteiger partial charge in [-0.2, -0.15) is 0 Å². The summed E-state index contributed by atoms with van der Waals surface area (Å²) in [4.78, 5) is 6.98. The Balaban J connectivity index is 1.46. The van der Waals surface area contributed by atoms with Gasteiger partial charge in [0.1, 0.15) is 12.4 Å². The third-order valence-corrected chi connectivity index (χ3v) is 5.28. The van der Waals surface area contributed by atoms with E-state index < -0.39 is 0 Å². The largest absolute Gasteiger partial charge is 0.488 e. The molecule has 4 rings (SSSR count). The summed E-state index contributed by atoms with van der Waals surface area (Å²) in [6, 6.07) is 24.4. The molecule has 1 saturated heterocycles. The summed E-state index contributed by atoms with van der Waals surface area (Å²) in [5, 5.41) is 0. The van der Waals surface area contributed by atoms with Crippen molar-refractivity contribution in [2.24, 2.45) is 4.99 Å². The van der Waals surface area contributed by atoms with Crippen LogP contribution < -0.4 is 9.64 Å². The Kier molecular flexibility index (Phi) is 6.60. The van der Waals surface area contributed by atoms with Crippen molar-refractivity contribution in [1.29, 1.82) is 0 Å². The highest BCUT2D eigenvalue weighted by Crippen LogP contribution is 2.25. The first-order chi connectivity index (χ1) is 14.3. The van der Waals surface area contributed by atoms with E-state index in [0.717, 1.165) is 53.3 Å². The molecule has 1 aliphatic rings. The lowest BCUT2D eigenvalue weighted by atomic mass is 10.2. The first-order valence-corrected chi connectivity index (χ1v) is 10.5. The Morgan fingerprint density at radius 3 is 2.48 bits per heavy atom. The second-order valence-corrected chi connectivity index (χ2v) is 7.75. The average molecular weight is 451 g/mol. The molecule has 0 bridgehead atoms. The molecule has 5 heteroatoms. The van der Waals surface area contributed by atoms with Gasteiger partial charge < -0.3 is 14.4 Å². The number of benzene rings is 3. The first-order valence-electron chi connectivity index (χ1n) is 9.71. The lowest BCUT2D eigenvalue weighted by Gasteiger charge is -2.28. The molecule has 0 atom stereocenters. The van der Waals surface area contributed by atoms with Crippen LogP contribution in [-0.4, -0.2) is 32.5 Å². The molecule has 1 aliphatic heterocycles. The van der Waals surface area contributed by atoms with Crippen LogP contribution in [0, 0.1) is 0 Å². The summed E-state index contributed by atoms with van der Waals surface area (Å²) in [6.07, 6.45) is 1.86. The zero-order valence-corrected chi connectivity index (χ0v) is 17.7. The zero-order chi connectivity index (χ0) is 19.9. The van der Waals surface area contributed by atoms with E-state index in [9.17, 15) is 0 Å². The number of rotatable bonds is 6. The van der Waals surface area contributed by atoms with Crippen molar-refractivity contribution in [3.63, 3.8) is 0 Å². The van der Waals surface area contributed by atoms with Crippen LogP contribution in [0.3, 0.4) is 0 Å². The molecular weight excluding hydrogens is 428 g/mol. The number of aliphatic imine (C=N–C) groups is 1. The van der Waals surface area contributed by atoms with Crippen molar-refractivity contribution in [3.8, 4) is 5.75 Å². The summed E-state index contributed by atoms with van der Waals surface area (Å²) < 4.78 is 12.4. The molecule has 0 aliphatic carbocycles. The highest BCUT2D eigenvalue weighted by atomic mass is 79.9. The molecule has 0 unspecified atom stereocenters. The maximum Gasteiger partial charge on any atom is 0.128 e. The molecule has 0 saturated carbocycles. The van der Waals surface area contributed by atoms with Crippen LogP contribution in [0.2, 0.25) is 0 Å². The van der Waals surface area contributed by atoms with E-state index in [1.807, 2.05) is 54.7 Å².